The fourth-order valence-corrected chi connectivity index (χ4v) is 7.25. The minimum Gasteiger partial charge on any atom is -0.310 e. The maximum absolute atomic E-state index is 2.39. The molecule has 50 heavy (non-hydrogen) atoms. The molecule has 0 N–H and O–H groups in total. The molecule has 2 heteroatoms. The molecule has 0 aliphatic carbocycles. The van der Waals surface area contributed by atoms with E-state index in [0.29, 0.717) is 0 Å². The van der Waals surface area contributed by atoms with Gasteiger partial charge in [-0.05, 0) is 94.0 Å². The Morgan fingerprint density at radius 3 is 1.60 bits per heavy atom. The Morgan fingerprint density at radius 2 is 0.840 bits per heavy atom. The molecule has 2 nitrogen and oxygen atoms in total. The van der Waals surface area contributed by atoms with Crippen LogP contribution in [0.15, 0.2) is 206 Å². The van der Waals surface area contributed by atoms with Crippen molar-refractivity contribution in [2.75, 3.05) is 4.90 Å². The SMILES string of the molecule is c1ccc(-c2cccc(N(c3ccccc3)c3ccc(-c4ccccc4-c4ccc5c6ccccc6n(-c6ccccc6)c5c4)cc3)c2)cc1. The second-order valence-electron chi connectivity index (χ2n) is 12.6. The van der Waals surface area contributed by atoms with Gasteiger partial charge >= 0.3 is 0 Å². The van der Waals surface area contributed by atoms with Crippen molar-refractivity contribution in [2.24, 2.45) is 0 Å². The first kappa shape index (κ1) is 29.5. The predicted molar refractivity (Wildman–Crippen MR) is 212 cm³/mol. The van der Waals surface area contributed by atoms with Crippen LogP contribution in [0.5, 0.6) is 0 Å². The second-order valence-corrected chi connectivity index (χ2v) is 12.6. The smallest absolute Gasteiger partial charge is 0.0547 e. The van der Waals surface area contributed by atoms with Gasteiger partial charge in [0, 0.05) is 33.5 Å². The monoisotopic (exact) mass is 638 g/mol. The summed E-state index contributed by atoms with van der Waals surface area (Å²) in [4.78, 5) is 2.33. The summed E-state index contributed by atoms with van der Waals surface area (Å²) in [6.45, 7) is 0. The van der Waals surface area contributed by atoms with Gasteiger partial charge in [0.1, 0.15) is 0 Å². The zero-order valence-corrected chi connectivity index (χ0v) is 27.5. The third-order valence-corrected chi connectivity index (χ3v) is 9.59. The first-order valence-electron chi connectivity index (χ1n) is 17.1. The molecule has 1 heterocycles. The maximum Gasteiger partial charge on any atom is 0.0547 e. The molecule has 0 bridgehead atoms. The van der Waals surface area contributed by atoms with Crippen molar-refractivity contribution in [3.05, 3.63) is 206 Å². The minimum atomic E-state index is 1.11. The summed E-state index contributed by atoms with van der Waals surface area (Å²) >= 11 is 0. The van der Waals surface area contributed by atoms with Crippen molar-refractivity contribution >= 4 is 38.9 Å². The summed E-state index contributed by atoms with van der Waals surface area (Å²) in [6.07, 6.45) is 0. The molecule has 0 radical (unpaired) electrons. The van der Waals surface area contributed by atoms with Crippen LogP contribution in [0.25, 0.3) is 60.9 Å². The normalized spacial score (nSPS) is 11.2. The highest BCUT2D eigenvalue weighted by atomic mass is 15.1. The molecule has 0 aliphatic heterocycles. The van der Waals surface area contributed by atoms with Gasteiger partial charge in [-0.3, -0.25) is 0 Å². The Kier molecular flexibility index (Phi) is 7.53. The molecule has 0 amide bonds. The molecule has 0 spiro atoms. The van der Waals surface area contributed by atoms with Crippen LogP contribution in [0, 0.1) is 0 Å². The van der Waals surface area contributed by atoms with Gasteiger partial charge in [-0.2, -0.15) is 0 Å². The summed E-state index contributed by atoms with van der Waals surface area (Å²) in [7, 11) is 0. The second kappa shape index (κ2) is 12.8. The lowest BCUT2D eigenvalue weighted by molar-refractivity contribution is 1.18. The average Bonchev–Trinajstić information content (AvgIpc) is 3.53. The lowest BCUT2D eigenvalue weighted by Gasteiger charge is -2.26. The van der Waals surface area contributed by atoms with Gasteiger partial charge in [-0.15, -0.1) is 0 Å². The highest BCUT2D eigenvalue weighted by molar-refractivity contribution is 6.10. The number of anilines is 3. The van der Waals surface area contributed by atoms with E-state index in [0.717, 1.165) is 22.7 Å². The Hall–Kier alpha value is -6.64. The van der Waals surface area contributed by atoms with Crippen LogP contribution in [0.3, 0.4) is 0 Å². The summed E-state index contributed by atoms with van der Waals surface area (Å²) in [5.74, 6) is 0. The molecule has 9 aromatic rings. The lowest BCUT2D eigenvalue weighted by atomic mass is 9.93. The van der Waals surface area contributed by atoms with E-state index in [9.17, 15) is 0 Å². The Labute approximate surface area is 292 Å². The van der Waals surface area contributed by atoms with Gasteiger partial charge < -0.3 is 9.47 Å². The standard InChI is InChI=1S/C48H34N2/c1-4-15-35(16-5-1)37-17-14-22-42(33-37)49(39-18-6-2-7-19-39)41-30-27-36(28-31-41)43-23-10-11-24-44(43)38-29-32-46-45-25-12-13-26-47(45)50(48(46)34-38)40-20-8-3-9-21-40/h1-34H. The van der Waals surface area contributed by atoms with E-state index < -0.39 is 0 Å². The molecular formula is C48H34N2. The van der Waals surface area contributed by atoms with Crippen LogP contribution >= 0.6 is 0 Å². The third-order valence-electron chi connectivity index (χ3n) is 9.59. The Morgan fingerprint density at radius 1 is 0.300 bits per heavy atom. The van der Waals surface area contributed by atoms with Crippen LogP contribution in [0.4, 0.5) is 17.1 Å². The van der Waals surface area contributed by atoms with E-state index in [2.05, 4.69) is 216 Å². The molecule has 1 aromatic heterocycles. The van der Waals surface area contributed by atoms with Crippen molar-refractivity contribution in [1.29, 1.82) is 0 Å². The number of hydrogen-bond acceptors (Lipinski definition) is 1. The number of benzene rings is 8. The maximum atomic E-state index is 2.39. The molecule has 0 saturated heterocycles. The van der Waals surface area contributed by atoms with Crippen LogP contribution in [0.1, 0.15) is 0 Å². The first-order chi connectivity index (χ1) is 24.8. The van der Waals surface area contributed by atoms with Crippen LogP contribution < -0.4 is 4.90 Å². The van der Waals surface area contributed by atoms with E-state index >= 15 is 0 Å². The molecule has 0 atom stereocenters. The first-order valence-corrected chi connectivity index (χ1v) is 17.1. The third kappa shape index (κ3) is 5.34. The van der Waals surface area contributed by atoms with Gasteiger partial charge in [0.2, 0.25) is 0 Å². The number of nitrogens with zero attached hydrogens (tertiary/aromatic N) is 2. The van der Waals surface area contributed by atoms with Crippen LogP contribution in [0.2, 0.25) is 0 Å². The molecular weight excluding hydrogens is 605 g/mol. The Bertz CT molecular complexity index is 2570. The van der Waals surface area contributed by atoms with E-state index in [1.165, 1.54) is 55.2 Å². The zero-order chi connectivity index (χ0) is 33.3. The molecule has 0 unspecified atom stereocenters. The van der Waals surface area contributed by atoms with E-state index in [1.807, 2.05) is 0 Å². The topological polar surface area (TPSA) is 8.17 Å². The van der Waals surface area contributed by atoms with Crippen LogP contribution in [-0.2, 0) is 0 Å². The van der Waals surface area contributed by atoms with E-state index in [1.54, 1.807) is 0 Å². The minimum absolute atomic E-state index is 1.11. The number of rotatable bonds is 7. The number of fused-ring (bicyclic) bond motifs is 3. The van der Waals surface area contributed by atoms with E-state index in [-0.39, 0.29) is 0 Å². The zero-order valence-electron chi connectivity index (χ0n) is 27.5. The molecule has 0 aliphatic rings. The van der Waals surface area contributed by atoms with Crippen molar-refractivity contribution < 1.29 is 0 Å². The highest BCUT2D eigenvalue weighted by Gasteiger charge is 2.16. The fourth-order valence-electron chi connectivity index (χ4n) is 7.25. The molecule has 9 rings (SSSR count). The van der Waals surface area contributed by atoms with Gasteiger partial charge in [-0.1, -0.05) is 146 Å². The Balaban J connectivity index is 1.13. The summed E-state index contributed by atoms with van der Waals surface area (Å²) in [6, 6.07) is 74.0. The summed E-state index contributed by atoms with van der Waals surface area (Å²) in [5, 5.41) is 2.52. The molecule has 0 fully saturated rings. The van der Waals surface area contributed by atoms with Crippen molar-refractivity contribution in [1.82, 2.24) is 4.57 Å². The number of para-hydroxylation sites is 3. The largest absolute Gasteiger partial charge is 0.310 e. The summed E-state index contributed by atoms with van der Waals surface area (Å²) in [5.41, 5.74) is 14.1. The lowest BCUT2D eigenvalue weighted by Crippen LogP contribution is -2.09. The highest BCUT2D eigenvalue weighted by Crippen LogP contribution is 2.40. The molecule has 0 saturated carbocycles. The van der Waals surface area contributed by atoms with Crippen molar-refractivity contribution in [2.45, 2.75) is 0 Å². The number of hydrogen-bond donors (Lipinski definition) is 0. The number of aromatic nitrogens is 1. The fraction of sp³-hybridized carbons (Fsp3) is 0. The van der Waals surface area contributed by atoms with Gasteiger partial charge in [0.05, 0.1) is 11.0 Å². The molecule has 236 valence electrons. The van der Waals surface area contributed by atoms with Gasteiger partial charge in [-0.25, -0.2) is 0 Å². The molecule has 8 aromatic carbocycles. The van der Waals surface area contributed by atoms with Crippen molar-refractivity contribution in [3.8, 4) is 39.1 Å². The van der Waals surface area contributed by atoms with Gasteiger partial charge in [0.15, 0.2) is 0 Å². The quantitative estimate of drug-likeness (QED) is 0.169. The van der Waals surface area contributed by atoms with Crippen molar-refractivity contribution in [3.63, 3.8) is 0 Å². The predicted octanol–water partition coefficient (Wildman–Crippen LogP) is 13.3. The van der Waals surface area contributed by atoms with Crippen LogP contribution in [-0.4, -0.2) is 4.57 Å². The van der Waals surface area contributed by atoms with Gasteiger partial charge in [0.25, 0.3) is 0 Å². The summed E-state index contributed by atoms with van der Waals surface area (Å²) < 4.78 is 2.39. The average molecular weight is 639 g/mol. The van der Waals surface area contributed by atoms with E-state index in [4.69, 9.17) is 0 Å².